The molecule has 0 aromatic rings. The zero-order valence-corrected chi connectivity index (χ0v) is 7.41. The second-order valence-corrected chi connectivity index (χ2v) is 5.08. The van der Waals surface area contributed by atoms with Gasteiger partial charge in [-0.25, -0.2) is 4.21 Å². The van der Waals surface area contributed by atoms with Crippen molar-refractivity contribution in [3.63, 3.8) is 0 Å². The van der Waals surface area contributed by atoms with Gasteiger partial charge in [-0.1, -0.05) is 13.8 Å². The summed E-state index contributed by atoms with van der Waals surface area (Å²) >= 11 is 0. The predicted octanol–water partition coefficient (Wildman–Crippen LogP) is 1.05. The lowest BCUT2D eigenvalue weighted by molar-refractivity contribution is 0.114. The van der Waals surface area contributed by atoms with Gasteiger partial charge in [0.2, 0.25) is 0 Å². The van der Waals surface area contributed by atoms with Gasteiger partial charge >= 0.3 is 0 Å². The highest BCUT2D eigenvalue weighted by molar-refractivity contribution is 7.82. The Labute approximate surface area is 64.8 Å². The average Bonchev–Trinajstić information content (AvgIpc) is 1.57. The van der Waals surface area contributed by atoms with Gasteiger partial charge in [-0.2, -0.15) is 0 Å². The summed E-state index contributed by atoms with van der Waals surface area (Å²) in [5, 5.41) is 5.16. The molecule has 1 aliphatic carbocycles. The van der Waals surface area contributed by atoms with E-state index in [0.29, 0.717) is 17.1 Å². The monoisotopic (exact) mass is 161 g/mol. The van der Waals surface area contributed by atoms with Crippen molar-refractivity contribution < 1.29 is 4.21 Å². The van der Waals surface area contributed by atoms with Crippen LogP contribution in [0.1, 0.15) is 26.7 Å². The molecule has 60 valence electrons. The maximum Gasteiger partial charge on any atom is 0.0890 e. The quantitative estimate of drug-likeness (QED) is 0.646. The van der Waals surface area contributed by atoms with Crippen molar-refractivity contribution in [1.29, 1.82) is 0 Å². The summed E-state index contributed by atoms with van der Waals surface area (Å²) in [6.07, 6.45) is 2.38. The minimum absolute atomic E-state index is 0.490. The van der Waals surface area contributed by atoms with E-state index in [2.05, 4.69) is 13.8 Å². The zero-order chi connectivity index (χ0) is 7.78. The SMILES string of the molecule is CC1(C)CC(CS(N)=O)C1. The molecule has 0 saturated heterocycles. The van der Waals surface area contributed by atoms with Gasteiger partial charge in [-0.3, -0.25) is 5.14 Å². The lowest BCUT2D eigenvalue weighted by Crippen LogP contribution is -2.35. The molecule has 0 spiro atoms. The van der Waals surface area contributed by atoms with Crippen LogP contribution in [0, 0.1) is 11.3 Å². The second-order valence-electron chi connectivity index (χ2n) is 3.99. The van der Waals surface area contributed by atoms with Crippen molar-refractivity contribution >= 4 is 11.0 Å². The van der Waals surface area contributed by atoms with Gasteiger partial charge < -0.3 is 0 Å². The van der Waals surface area contributed by atoms with E-state index in [1.165, 1.54) is 12.8 Å². The molecule has 0 heterocycles. The van der Waals surface area contributed by atoms with Crippen LogP contribution in [0.15, 0.2) is 0 Å². The number of hydrogen-bond acceptors (Lipinski definition) is 1. The van der Waals surface area contributed by atoms with Crippen molar-refractivity contribution in [3.05, 3.63) is 0 Å². The molecule has 0 aromatic heterocycles. The van der Waals surface area contributed by atoms with Crippen LogP contribution in [-0.2, 0) is 11.0 Å². The molecule has 10 heavy (non-hydrogen) atoms. The van der Waals surface area contributed by atoms with Crippen LogP contribution >= 0.6 is 0 Å². The highest BCUT2D eigenvalue weighted by Crippen LogP contribution is 2.44. The fraction of sp³-hybridized carbons (Fsp3) is 1.00. The third-order valence-corrected chi connectivity index (χ3v) is 2.88. The Kier molecular flexibility index (Phi) is 2.15. The summed E-state index contributed by atoms with van der Waals surface area (Å²) in [4.78, 5) is 0. The summed E-state index contributed by atoms with van der Waals surface area (Å²) in [7, 11) is -1.08. The number of nitrogens with two attached hydrogens (primary N) is 1. The second kappa shape index (κ2) is 2.62. The molecule has 2 N–H and O–H groups in total. The highest BCUT2D eigenvalue weighted by Gasteiger charge is 2.36. The average molecular weight is 161 g/mol. The summed E-state index contributed by atoms with van der Waals surface area (Å²) < 4.78 is 10.5. The zero-order valence-electron chi connectivity index (χ0n) is 6.59. The van der Waals surface area contributed by atoms with Gasteiger partial charge in [0.1, 0.15) is 0 Å². The molecule has 1 rings (SSSR count). The first kappa shape index (κ1) is 8.21. The standard InChI is InChI=1S/C7H15NOS/c1-7(2)3-6(4-7)5-10(8)9/h6H,3-5,8H2,1-2H3. The molecule has 1 fully saturated rings. The van der Waals surface area contributed by atoms with Crippen LogP contribution in [0.3, 0.4) is 0 Å². The first-order chi connectivity index (χ1) is 4.49. The van der Waals surface area contributed by atoms with Gasteiger partial charge in [-0.05, 0) is 24.2 Å². The Balaban J connectivity index is 2.21. The van der Waals surface area contributed by atoms with Crippen LogP contribution in [-0.4, -0.2) is 9.96 Å². The Bertz CT molecular complexity index is 148. The first-order valence-electron chi connectivity index (χ1n) is 3.62. The molecular formula is C7H15NOS. The van der Waals surface area contributed by atoms with Gasteiger partial charge in [0.15, 0.2) is 0 Å². The topological polar surface area (TPSA) is 43.1 Å². The highest BCUT2D eigenvalue weighted by atomic mass is 32.2. The van der Waals surface area contributed by atoms with E-state index in [4.69, 9.17) is 5.14 Å². The van der Waals surface area contributed by atoms with Crippen molar-refractivity contribution in [2.75, 3.05) is 5.75 Å². The van der Waals surface area contributed by atoms with Gasteiger partial charge in [0.25, 0.3) is 0 Å². The first-order valence-corrected chi connectivity index (χ1v) is 5.00. The van der Waals surface area contributed by atoms with Gasteiger partial charge in [-0.15, -0.1) is 0 Å². The van der Waals surface area contributed by atoms with Crippen LogP contribution in [0.5, 0.6) is 0 Å². The van der Waals surface area contributed by atoms with E-state index in [1.54, 1.807) is 0 Å². The lowest BCUT2D eigenvalue weighted by Gasteiger charge is -2.42. The molecule has 1 unspecified atom stereocenters. The van der Waals surface area contributed by atoms with Crippen molar-refractivity contribution in [2.45, 2.75) is 26.7 Å². The Hall–Kier alpha value is 0.110. The van der Waals surface area contributed by atoms with E-state index in [-0.39, 0.29) is 0 Å². The molecular weight excluding hydrogens is 146 g/mol. The maximum atomic E-state index is 10.5. The number of rotatable bonds is 2. The summed E-state index contributed by atoms with van der Waals surface area (Å²) in [6, 6.07) is 0. The number of hydrogen-bond donors (Lipinski definition) is 1. The van der Waals surface area contributed by atoms with E-state index < -0.39 is 11.0 Å². The van der Waals surface area contributed by atoms with E-state index in [9.17, 15) is 4.21 Å². The molecule has 0 bridgehead atoms. The van der Waals surface area contributed by atoms with E-state index >= 15 is 0 Å². The lowest BCUT2D eigenvalue weighted by atomic mass is 9.65. The van der Waals surface area contributed by atoms with Crippen molar-refractivity contribution in [1.82, 2.24) is 0 Å². The molecule has 1 aliphatic rings. The molecule has 1 saturated carbocycles. The van der Waals surface area contributed by atoms with Crippen molar-refractivity contribution in [3.8, 4) is 0 Å². The van der Waals surface area contributed by atoms with Gasteiger partial charge in [0, 0.05) is 5.75 Å². The fourth-order valence-corrected chi connectivity index (χ4v) is 2.55. The van der Waals surface area contributed by atoms with Crippen LogP contribution in [0.4, 0.5) is 0 Å². The smallest absolute Gasteiger partial charge is 0.0890 e. The third-order valence-electron chi connectivity index (χ3n) is 2.08. The maximum absolute atomic E-state index is 10.5. The molecule has 0 aromatic carbocycles. The summed E-state index contributed by atoms with van der Waals surface area (Å²) in [6.45, 7) is 4.48. The Morgan fingerprint density at radius 2 is 2.10 bits per heavy atom. The van der Waals surface area contributed by atoms with E-state index in [0.717, 1.165) is 0 Å². The predicted molar refractivity (Wildman–Crippen MR) is 43.7 cm³/mol. The summed E-state index contributed by atoms with van der Waals surface area (Å²) in [5.74, 6) is 1.32. The normalized spacial score (nSPS) is 27.5. The minimum Gasteiger partial charge on any atom is -0.252 e. The Morgan fingerprint density at radius 3 is 2.40 bits per heavy atom. The van der Waals surface area contributed by atoms with Crippen LogP contribution in [0.25, 0.3) is 0 Å². The molecule has 3 heteroatoms. The van der Waals surface area contributed by atoms with Crippen molar-refractivity contribution in [2.24, 2.45) is 16.5 Å². The summed E-state index contributed by atoms with van der Waals surface area (Å²) in [5.41, 5.74) is 0.490. The molecule has 2 nitrogen and oxygen atoms in total. The molecule has 0 radical (unpaired) electrons. The third kappa shape index (κ3) is 2.06. The van der Waals surface area contributed by atoms with Crippen LogP contribution in [0.2, 0.25) is 0 Å². The molecule has 0 aliphatic heterocycles. The fourth-order valence-electron chi connectivity index (χ4n) is 1.85. The van der Waals surface area contributed by atoms with E-state index in [1.807, 2.05) is 0 Å². The van der Waals surface area contributed by atoms with Crippen LogP contribution < -0.4 is 5.14 Å². The molecule has 0 amide bonds. The Morgan fingerprint density at radius 1 is 1.60 bits per heavy atom. The minimum atomic E-state index is -1.08. The molecule has 1 atom stereocenters. The largest absolute Gasteiger partial charge is 0.252 e. The van der Waals surface area contributed by atoms with Gasteiger partial charge in [0.05, 0.1) is 11.0 Å².